The smallest absolute Gasteiger partial charge is 0.289 e. The van der Waals surface area contributed by atoms with Crippen LogP contribution in [0.2, 0.25) is 0 Å². The van der Waals surface area contributed by atoms with Gasteiger partial charge in [-0.05, 0) is 48.1 Å². The number of halogens is 2. The zero-order valence-corrected chi connectivity index (χ0v) is 15.3. The summed E-state index contributed by atoms with van der Waals surface area (Å²) in [5.74, 6) is -2.23. The minimum absolute atomic E-state index is 0.00357. The van der Waals surface area contributed by atoms with Gasteiger partial charge in [-0.25, -0.2) is 8.78 Å². The molecule has 28 heavy (non-hydrogen) atoms. The van der Waals surface area contributed by atoms with Crippen molar-refractivity contribution in [2.45, 2.75) is 44.0 Å². The predicted molar refractivity (Wildman–Crippen MR) is 98.7 cm³/mol. The molecule has 0 bridgehead atoms. The molecule has 1 saturated carbocycles. The van der Waals surface area contributed by atoms with Crippen LogP contribution in [0.4, 0.5) is 14.5 Å². The third-order valence-corrected chi connectivity index (χ3v) is 5.77. The SMILES string of the molecule is O=C1Nc2ccc(Cc3ccc(F)cc3F)cc2[C@]12OCCC(CC1CC1)O2. The Hall–Kier alpha value is -2.31. The van der Waals surface area contributed by atoms with Crippen molar-refractivity contribution in [1.82, 2.24) is 0 Å². The molecule has 1 N–H and O–H groups in total. The number of hydrogen-bond acceptors (Lipinski definition) is 3. The summed E-state index contributed by atoms with van der Waals surface area (Å²) in [5, 5.41) is 2.84. The number of benzene rings is 2. The fraction of sp³-hybridized carbons (Fsp3) is 0.409. The van der Waals surface area contributed by atoms with Crippen LogP contribution in [-0.4, -0.2) is 18.6 Å². The Morgan fingerprint density at radius 2 is 1.96 bits per heavy atom. The molecule has 2 aromatic carbocycles. The van der Waals surface area contributed by atoms with E-state index in [0.717, 1.165) is 24.5 Å². The Morgan fingerprint density at radius 3 is 2.75 bits per heavy atom. The monoisotopic (exact) mass is 385 g/mol. The molecule has 3 aliphatic rings. The van der Waals surface area contributed by atoms with E-state index < -0.39 is 17.4 Å². The Kier molecular flexibility index (Phi) is 4.21. The number of carbonyl (C=O) groups is 1. The highest BCUT2D eigenvalue weighted by Gasteiger charge is 2.53. The lowest BCUT2D eigenvalue weighted by Crippen LogP contribution is -2.47. The molecule has 146 valence electrons. The second-order valence-electron chi connectivity index (χ2n) is 7.92. The molecule has 1 amide bonds. The Morgan fingerprint density at radius 1 is 1.11 bits per heavy atom. The van der Waals surface area contributed by atoms with Gasteiger partial charge in [0.25, 0.3) is 11.7 Å². The first-order valence-electron chi connectivity index (χ1n) is 9.74. The maximum atomic E-state index is 14.0. The summed E-state index contributed by atoms with van der Waals surface area (Å²) in [5.41, 5.74) is 2.49. The number of nitrogens with one attached hydrogen (secondary N) is 1. The van der Waals surface area contributed by atoms with E-state index >= 15 is 0 Å². The Labute approximate surface area is 161 Å². The number of anilines is 1. The third kappa shape index (κ3) is 3.10. The van der Waals surface area contributed by atoms with E-state index in [1.165, 1.54) is 25.0 Å². The van der Waals surface area contributed by atoms with Crippen molar-refractivity contribution in [3.8, 4) is 0 Å². The Balaban J connectivity index is 1.45. The van der Waals surface area contributed by atoms with Crippen LogP contribution in [0.5, 0.6) is 0 Å². The maximum Gasteiger partial charge on any atom is 0.289 e. The predicted octanol–water partition coefficient (Wildman–Crippen LogP) is 4.27. The summed E-state index contributed by atoms with van der Waals surface area (Å²) < 4.78 is 39.3. The lowest BCUT2D eigenvalue weighted by atomic mass is 9.97. The van der Waals surface area contributed by atoms with Crippen molar-refractivity contribution in [3.63, 3.8) is 0 Å². The molecule has 2 aromatic rings. The van der Waals surface area contributed by atoms with E-state index in [4.69, 9.17) is 9.47 Å². The summed E-state index contributed by atoms with van der Waals surface area (Å²) in [4.78, 5) is 12.8. The first-order chi connectivity index (χ1) is 13.5. The lowest BCUT2D eigenvalue weighted by Gasteiger charge is -2.37. The van der Waals surface area contributed by atoms with Gasteiger partial charge in [0.2, 0.25) is 0 Å². The van der Waals surface area contributed by atoms with Crippen LogP contribution in [0.25, 0.3) is 0 Å². The molecule has 1 aliphatic carbocycles. The van der Waals surface area contributed by atoms with E-state index in [9.17, 15) is 13.6 Å². The average molecular weight is 385 g/mol. The van der Waals surface area contributed by atoms with Crippen molar-refractivity contribution in [2.24, 2.45) is 5.92 Å². The van der Waals surface area contributed by atoms with Crippen molar-refractivity contribution in [1.29, 1.82) is 0 Å². The van der Waals surface area contributed by atoms with Crippen LogP contribution in [-0.2, 0) is 26.5 Å². The molecular formula is C22H21F2NO3. The van der Waals surface area contributed by atoms with E-state index in [1.807, 2.05) is 12.1 Å². The highest BCUT2D eigenvalue weighted by molar-refractivity contribution is 6.04. The van der Waals surface area contributed by atoms with E-state index in [-0.39, 0.29) is 18.4 Å². The molecule has 2 atom stereocenters. The molecule has 1 spiro atoms. The standard InChI is InChI=1S/C22H21F2NO3/c23-16-5-4-15(19(24)12-16)9-14-3-6-20-18(11-14)22(21(26)25-20)27-8-7-17(28-22)10-13-1-2-13/h3-6,11-13,17H,1-2,7-10H2,(H,25,26)/t17?,22-/m1/s1. The quantitative estimate of drug-likeness (QED) is 0.855. The first kappa shape index (κ1) is 17.8. The van der Waals surface area contributed by atoms with E-state index in [1.54, 1.807) is 6.07 Å². The lowest BCUT2D eigenvalue weighted by molar-refractivity contribution is -0.281. The summed E-state index contributed by atoms with van der Waals surface area (Å²) in [6.07, 6.45) is 4.47. The van der Waals surface area contributed by atoms with Gasteiger partial charge in [0.1, 0.15) is 11.6 Å². The fourth-order valence-corrected chi connectivity index (χ4v) is 4.11. The van der Waals surface area contributed by atoms with Crippen molar-refractivity contribution >= 4 is 11.6 Å². The van der Waals surface area contributed by atoms with Crippen LogP contribution in [0.1, 0.15) is 42.4 Å². The van der Waals surface area contributed by atoms with Gasteiger partial charge >= 0.3 is 0 Å². The number of amides is 1. The number of fused-ring (bicyclic) bond motifs is 2. The molecule has 2 heterocycles. The number of ether oxygens (including phenoxy) is 2. The topological polar surface area (TPSA) is 47.6 Å². The highest BCUT2D eigenvalue weighted by atomic mass is 19.1. The van der Waals surface area contributed by atoms with Gasteiger partial charge in [-0.15, -0.1) is 0 Å². The number of rotatable bonds is 4. The fourth-order valence-electron chi connectivity index (χ4n) is 4.11. The molecule has 1 unspecified atom stereocenters. The van der Waals surface area contributed by atoms with Crippen LogP contribution < -0.4 is 5.32 Å². The van der Waals surface area contributed by atoms with Gasteiger partial charge < -0.3 is 14.8 Å². The summed E-state index contributed by atoms with van der Waals surface area (Å²) in [7, 11) is 0. The van der Waals surface area contributed by atoms with Crippen molar-refractivity contribution < 1.29 is 23.0 Å². The molecular weight excluding hydrogens is 364 g/mol. The van der Waals surface area contributed by atoms with Gasteiger partial charge in [-0.2, -0.15) is 0 Å². The molecule has 0 aromatic heterocycles. The second-order valence-corrected chi connectivity index (χ2v) is 7.92. The van der Waals surface area contributed by atoms with E-state index in [0.29, 0.717) is 29.3 Å². The zero-order chi connectivity index (χ0) is 19.3. The molecule has 0 radical (unpaired) electrons. The molecule has 2 fully saturated rings. The van der Waals surface area contributed by atoms with Gasteiger partial charge in [0.05, 0.1) is 18.4 Å². The molecule has 2 aliphatic heterocycles. The molecule has 5 rings (SSSR count). The van der Waals surface area contributed by atoms with E-state index in [2.05, 4.69) is 5.32 Å². The van der Waals surface area contributed by atoms with Crippen LogP contribution in [0.15, 0.2) is 36.4 Å². The van der Waals surface area contributed by atoms with Gasteiger partial charge in [0, 0.05) is 18.1 Å². The third-order valence-electron chi connectivity index (χ3n) is 5.77. The summed E-state index contributed by atoms with van der Waals surface area (Å²) in [6.45, 7) is 0.459. The minimum Gasteiger partial charge on any atom is -0.338 e. The largest absolute Gasteiger partial charge is 0.338 e. The van der Waals surface area contributed by atoms with Gasteiger partial charge in [0.15, 0.2) is 0 Å². The maximum absolute atomic E-state index is 14.0. The highest BCUT2D eigenvalue weighted by Crippen LogP contribution is 2.46. The zero-order valence-electron chi connectivity index (χ0n) is 15.3. The van der Waals surface area contributed by atoms with Gasteiger partial charge in [-0.1, -0.05) is 25.0 Å². The van der Waals surface area contributed by atoms with Crippen molar-refractivity contribution in [2.75, 3.05) is 11.9 Å². The van der Waals surface area contributed by atoms with Crippen LogP contribution in [0, 0.1) is 17.6 Å². The molecule has 1 saturated heterocycles. The average Bonchev–Trinajstić information content (AvgIpc) is 3.45. The molecule has 4 nitrogen and oxygen atoms in total. The minimum atomic E-state index is -1.43. The van der Waals surface area contributed by atoms with Crippen LogP contribution >= 0.6 is 0 Å². The Bertz CT molecular complexity index is 943. The van der Waals surface area contributed by atoms with Crippen molar-refractivity contribution in [3.05, 3.63) is 64.7 Å². The number of carbonyl (C=O) groups excluding carboxylic acids is 1. The summed E-state index contributed by atoms with van der Waals surface area (Å²) in [6, 6.07) is 9.01. The second kappa shape index (κ2) is 6.64. The first-order valence-corrected chi connectivity index (χ1v) is 9.74. The normalized spacial score (nSPS) is 26.4. The van der Waals surface area contributed by atoms with Crippen LogP contribution in [0.3, 0.4) is 0 Å². The number of hydrogen-bond donors (Lipinski definition) is 1. The summed E-state index contributed by atoms with van der Waals surface area (Å²) >= 11 is 0. The van der Waals surface area contributed by atoms with Gasteiger partial charge in [-0.3, -0.25) is 4.79 Å². The molecule has 6 heteroatoms.